The first kappa shape index (κ1) is 21.4. The molecule has 1 heterocycles. The van der Waals surface area contributed by atoms with Crippen LogP contribution < -0.4 is 0 Å². The van der Waals surface area contributed by atoms with Crippen LogP contribution in [0.1, 0.15) is 29.3 Å². The molecule has 0 spiro atoms. The molecule has 0 atom stereocenters. The Morgan fingerprint density at radius 2 is 1.32 bits per heavy atom. The maximum atomic E-state index is 11.2. The summed E-state index contributed by atoms with van der Waals surface area (Å²) in [6.07, 6.45) is 2.03. The molecule has 0 aliphatic heterocycles. The molecule has 1 aromatic heterocycles. The molecule has 4 nitrogen and oxygen atoms in total. The lowest BCUT2D eigenvalue weighted by molar-refractivity contribution is -0.109. The predicted octanol–water partition coefficient (Wildman–Crippen LogP) is 5.59. The van der Waals surface area contributed by atoms with E-state index in [-0.39, 0.29) is 5.12 Å². The van der Waals surface area contributed by atoms with Gasteiger partial charge in [0, 0.05) is 17.8 Å². The van der Waals surface area contributed by atoms with Gasteiger partial charge in [-0.25, -0.2) is 4.68 Å². The Morgan fingerprint density at radius 3 is 1.77 bits per heavy atom. The second-order valence-corrected chi connectivity index (χ2v) is 9.57. The quantitative estimate of drug-likeness (QED) is 0.201. The second kappa shape index (κ2) is 9.98. The largest absolute Gasteiger partial charge is 0.288 e. The Hall–Kier alpha value is -2.83. The highest BCUT2D eigenvalue weighted by Crippen LogP contribution is 2.40. The zero-order valence-corrected chi connectivity index (χ0v) is 18.9. The van der Waals surface area contributed by atoms with Crippen molar-refractivity contribution in [2.45, 2.75) is 18.2 Å². The van der Waals surface area contributed by atoms with E-state index < -0.39 is 5.54 Å². The molecule has 0 saturated heterocycles. The minimum Gasteiger partial charge on any atom is -0.288 e. The third-order valence-electron chi connectivity index (χ3n) is 5.05. The molecule has 6 heteroatoms. The van der Waals surface area contributed by atoms with Gasteiger partial charge in [0.05, 0.1) is 11.9 Å². The van der Waals surface area contributed by atoms with E-state index in [9.17, 15) is 4.79 Å². The Labute approximate surface area is 191 Å². The van der Waals surface area contributed by atoms with E-state index in [4.69, 9.17) is 0 Å². The van der Waals surface area contributed by atoms with Crippen molar-refractivity contribution in [2.24, 2.45) is 0 Å². The molecule has 156 valence electrons. The van der Waals surface area contributed by atoms with E-state index in [1.165, 1.54) is 11.8 Å². The highest BCUT2D eigenvalue weighted by Gasteiger charge is 2.39. The Kier molecular flexibility index (Phi) is 6.89. The van der Waals surface area contributed by atoms with Crippen molar-refractivity contribution in [1.82, 2.24) is 15.0 Å². The maximum absolute atomic E-state index is 11.2. The number of hydrogen-bond donors (Lipinski definition) is 0. The average Bonchev–Trinajstić information content (AvgIpc) is 3.28. The molecule has 0 N–H and O–H groups in total. The fourth-order valence-electron chi connectivity index (χ4n) is 3.73. The van der Waals surface area contributed by atoms with Crippen LogP contribution in [-0.4, -0.2) is 25.2 Å². The lowest BCUT2D eigenvalue weighted by Gasteiger charge is -2.35. The van der Waals surface area contributed by atoms with Crippen molar-refractivity contribution in [1.29, 1.82) is 0 Å². The molecule has 0 unspecified atom stereocenters. The highest BCUT2D eigenvalue weighted by atomic mass is 32.2. The van der Waals surface area contributed by atoms with Gasteiger partial charge < -0.3 is 0 Å². The number of aromatic nitrogens is 3. The van der Waals surface area contributed by atoms with Crippen molar-refractivity contribution >= 4 is 28.6 Å². The normalized spacial score (nSPS) is 11.4. The first-order valence-corrected chi connectivity index (χ1v) is 12.1. The summed E-state index contributed by atoms with van der Waals surface area (Å²) < 4.78 is 1.97. The van der Waals surface area contributed by atoms with Gasteiger partial charge in [-0.05, 0) is 16.7 Å². The maximum Gasteiger partial charge on any atom is 0.186 e. The third kappa shape index (κ3) is 4.60. The molecular weight excluding hydrogens is 422 g/mol. The minimum absolute atomic E-state index is 0.132. The SMILES string of the molecule is CC(=O)SCSCc1cn(C(c2ccccc2)(c2ccccc2)c2ccccc2)nn1. The number of hydrogen-bond acceptors (Lipinski definition) is 5. The smallest absolute Gasteiger partial charge is 0.186 e. The molecule has 31 heavy (non-hydrogen) atoms. The topological polar surface area (TPSA) is 47.8 Å². The molecule has 0 aliphatic carbocycles. The number of nitrogens with zero attached hydrogens (tertiary/aromatic N) is 3. The van der Waals surface area contributed by atoms with Crippen molar-refractivity contribution in [3.63, 3.8) is 0 Å². The van der Waals surface area contributed by atoms with Gasteiger partial charge in [-0.1, -0.05) is 108 Å². The molecule has 4 aromatic rings. The molecule has 0 fully saturated rings. The van der Waals surface area contributed by atoms with E-state index in [1.54, 1.807) is 18.7 Å². The fourth-order valence-corrected chi connectivity index (χ4v) is 5.41. The van der Waals surface area contributed by atoms with Crippen LogP contribution >= 0.6 is 23.5 Å². The van der Waals surface area contributed by atoms with Crippen LogP contribution in [-0.2, 0) is 16.1 Å². The zero-order chi connectivity index (χ0) is 21.5. The van der Waals surface area contributed by atoms with Gasteiger partial charge in [0.15, 0.2) is 5.12 Å². The van der Waals surface area contributed by atoms with Gasteiger partial charge in [0.2, 0.25) is 0 Å². The summed E-state index contributed by atoms with van der Waals surface area (Å²) in [6, 6.07) is 31.3. The molecule has 0 amide bonds. The number of rotatable bonds is 8. The lowest BCUT2D eigenvalue weighted by Crippen LogP contribution is -2.38. The molecule has 3 aromatic carbocycles. The monoisotopic (exact) mass is 445 g/mol. The van der Waals surface area contributed by atoms with Crippen LogP contribution in [0.3, 0.4) is 0 Å². The van der Waals surface area contributed by atoms with Crippen molar-refractivity contribution in [3.05, 3.63) is 120 Å². The molecule has 4 rings (SSSR count). The first-order chi connectivity index (χ1) is 15.2. The van der Waals surface area contributed by atoms with E-state index >= 15 is 0 Å². The standard InChI is InChI=1S/C25H23N3OS2/c1-20(29)31-19-30-18-24-17-28(27-26-24)25(21-11-5-2-6-12-21,22-13-7-3-8-14-22)23-15-9-4-10-16-23/h2-17H,18-19H2,1H3. The lowest BCUT2D eigenvalue weighted by atomic mass is 9.77. The summed E-state index contributed by atoms with van der Waals surface area (Å²) in [5.41, 5.74) is 3.59. The third-order valence-corrected chi connectivity index (χ3v) is 7.10. The zero-order valence-electron chi connectivity index (χ0n) is 17.2. The van der Waals surface area contributed by atoms with Crippen LogP contribution in [0.5, 0.6) is 0 Å². The summed E-state index contributed by atoms with van der Waals surface area (Å²) in [5, 5.41) is 9.93. The fraction of sp³-hybridized carbons (Fsp3) is 0.160. The summed E-state index contributed by atoms with van der Waals surface area (Å²) >= 11 is 2.99. The molecule has 0 saturated carbocycles. The molecule has 0 radical (unpaired) electrons. The van der Waals surface area contributed by atoms with Crippen LogP contribution in [0.4, 0.5) is 0 Å². The first-order valence-electron chi connectivity index (χ1n) is 10.0. The molecule has 0 aliphatic rings. The van der Waals surface area contributed by atoms with E-state index in [1.807, 2.05) is 29.1 Å². The van der Waals surface area contributed by atoms with Crippen molar-refractivity contribution < 1.29 is 4.79 Å². The average molecular weight is 446 g/mol. The van der Waals surface area contributed by atoms with Crippen LogP contribution in [0.15, 0.2) is 97.2 Å². The molecular formula is C25H23N3OS2. The number of carbonyl (C=O) groups is 1. The van der Waals surface area contributed by atoms with Gasteiger partial charge in [0.1, 0.15) is 5.54 Å². The summed E-state index contributed by atoms with van der Waals surface area (Å²) in [6.45, 7) is 1.59. The number of carbonyl (C=O) groups excluding carboxylic acids is 1. The van der Waals surface area contributed by atoms with Crippen LogP contribution in [0, 0.1) is 0 Å². The Morgan fingerprint density at radius 1 is 0.839 bits per heavy atom. The molecule has 0 bridgehead atoms. The van der Waals surface area contributed by atoms with Crippen molar-refractivity contribution in [3.8, 4) is 0 Å². The van der Waals surface area contributed by atoms with E-state index in [0.717, 1.165) is 22.4 Å². The van der Waals surface area contributed by atoms with Crippen LogP contribution in [0.25, 0.3) is 0 Å². The van der Waals surface area contributed by atoms with Gasteiger partial charge in [-0.3, -0.25) is 4.79 Å². The van der Waals surface area contributed by atoms with Gasteiger partial charge in [-0.15, -0.1) is 16.9 Å². The van der Waals surface area contributed by atoms with Crippen LogP contribution in [0.2, 0.25) is 0 Å². The van der Waals surface area contributed by atoms with Crippen molar-refractivity contribution in [2.75, 3.05) is 5.08 Å². The van der Waals surface area contributed by atoms with Gasteiger partial charge >= 0.3 is 0 Å². The second-order valence-electron chi connectivity index (χ2n) is 7.07. The Balaban J connectivity index is 1.83. The predicted molar refractivity (Wildman–Crippen MR) is 129 cm³/mol. The summed E-state index contributed by atoms with van der Waals surface area (Å²) in [4.78, 5) is 11.2. The summed E-state index contributed by atoms with van der Waals surface area (Å²) in [5.74, 6) is 0.703. The van der Waals surface area contributed by atoms with E-state index in [0.29, 0.717) is 10.8 Å². The highest BCUT2D eigenvalue weighted by molar-refractivity contribution is 8.23. The van der Waals surface area contributed by atoms with Gasteiger partial charge in [-0.2, -0.15) is 0 Å². The summed E-state index contributed by atoms with van der Waals surface area (Å²) in [7, 11) is 0. The van der Waals surface area contributed by atoms with Gasteiger partial charge in [0.25, 0.3) is 0 Å². The Bertz CT molecular complexity index is 1020. The van der Waals surface area contributed by atoms with E-state index in [2.05, 4.69) is 83.1 Å². The minimum atomic E-state index is -0.645. The number of benzene rings is 3. The number of thioether (sulfide) groups is 2.